The summed E-state index contributed by atoms with van der Waals surface area (Å²) in [6, 6.07) is 4.02. The van der Waals surface area contributed by atoms with Gasteiger partial charge in [-0.3, -0.25) is 4.98 Å². The molecule has 0 aliphatic rings. The van der Waals surface area contributed by atoms with Crippen molar-refractivity contribution in [3.63, 3.8) is 0 Å². The van der Waals surface area contributed by atoms with Gasteiger partial charge in [-0.05, 0) is 36.6 Å². The Morgan fingerprint density at radius 2 is 2.45 bits per heavy atom. The first-order valence-electron chi connectivity index (χ1n) is 3.78. The van der Waals surface area contributed by atoms with Gasteiger partial charge in [0.2, 0.25) is 0 Å². The Hall–Kier alpha value is -1.11. The molecule has 0 spiro atoms. The van der Waals surface area contributed by atoms with E-state index in [1.54, 1.807) is 12.3 Å². The van der Waals surface area contributed by atoms with Crippen LogP contribution in [0.25, 0.3) is 6.08 Å². The zero-order valence-electron chi connectivity index (χ0n) is 6.75. The summed E-state index contributed by atoms with van der Waals surface area (Å²) in [5.74, 6) is 0. The molecular formula is C10H12N. The van der Waals surface area contributed by atoms with Gasteiger partial charge in [0.05, 0.1) is 5.69 Å². The molecule has 1 nitrogen and oxygen atoms in total. The summed E-state index contributed by atoms with van der Waals surface area (Å²) in [5, 5.41) is 0. The Morgan fingerprint density at radius 3 is 3.09 bits per heavy atom. The minimum absolute atomic E-state index is 0.937. The average Bonchev–Trinajstić information content (AvgIpc) is 2.06. The van der Waals surface area contributed by atoms with Crippen molar-refractivity contribution in [3.05, 3.63) is 42.6 Å². The van der Waals surface area contributed by atoms with Gasteiger partial charge in [-0.15, -0.1) is 0 Å². The summed E-state index contributed by atoms with van der Waals surface area (Å²) in [6.07, 6.45) is 6.78. The number of rotatable bonds is 3. The molecule has 0 aromatic carbocycles. The molecule has 1 aromatic heterocycles. The molecule has 0 aliphatic carbocycles. The van der Waals surface area contributed by atoms with E-state index in [4.69, 9.17) is 0 Å². The Morgan fingerprint density at radius 1 is 1.64 bits per heavy atom. The maximum atomic E-state index is 4.10. The van der Waals surface area contributed by atoms with Crippen LogP contribution in [0.15, 0.2) is 24.9 Å². The van der Waals surface area contributed by atoms with Crippen LogP contribution in [0, 0.1) is 6.42 Å². The van der Waals surface area contributed by atoms with Crippen LogP contribution in [-0.2, 0) is 0 Å². The van der Waals surface area contributed by atoms with Crippen molar-refractivity contribution in [2.24, 2.45) is 0 Å². The SMILES string of the molecule is C=Cc1cc([CH]CC)ccn1. The molecule has 57 valence electrons. The maximum Gasteiger partial charge on any atom is 0.0626 e. The quantitative estimate of drug-likeness (QED) is 0.639. The molecule has 0 saturated heterocycles. The zero-order valence-corrected chi connectivity index (χ0v) is 6.75. The van der Waals surface area contributed by atoms with E-state index in [0.717, 1.165) is 12.1 Å². The van der Waals surface area contributed by atoms with Crippen molar-refractivity contribution in [1.82, 2.24) is 4.98 Å². The lowest BCUT2D eigenvalue weighted by atomic mass is 10.1. The van der Waals surface area contributed by atoms with Crippen LogP contribution in [-0.4, -0.2) is 4.98 Å². The second kappa shape index (κ2) is 3.91. The summed E-state index contributed by atoms with van der Waals surface area (Å²) in [5.41, 5.74) is 2.16. The highest BCUT2D eigenvalue weighted by Crippen LogP contribution is 2.06. The molecule has 0 N–H and O–H groups in total. The first-order valence-corrected chi connectivity index (χ1v) is 3.78. The van der Waals surface area contributed by atoms with E-state index in [0.29, 0.717) is 0 Å². The lowest BCUT2D eigenvalue weighted by molar-refractivity contribution is 1.11. The normalized spacial score (nSPS) is 9.55. The molecule has 0 bridgehead atoms. The fourth-order valence-electron chi connectivity index (χ4n) is 0.940. The Labute approximate surface area is 67.8 Å². The number of hydrogen-bond acceptors (Lipinski definition) is 1. The van der Waals surface area contributed by atoms with E-state index in [1.807, 2.05) is 12.1 Å². The Bertz CT molecular complexity index is 240. The first-order chi connectivity index (χ1) is 5.36. The topological polar surface area (TPSA) is 12.9 Å². The van der Waals surface area contributed by atoms with Crippen molar-refractivity contribution in [2.45, 2.75) is 13.3 Å². The minimum Gasteiger partial charge on any atom is -0.257 e. The van der Waals surface area contributed by atoms with Crippen LogP contribution >= 0.6 is 0 Å². The standard InChI is InChI=1S/C10H12N/c1-3-5-9-6-7-11-10(4-2)8-9/h4-8H,2-3H2,1H3. The van der Waals surface area contributed by atoms with Crippen molar-refractivity contribution in [2.75, 3.05) is 0 Å². The third-order valence-corrected chi connectivity index (χ3v) is 1.45. The van der Waals surface area contributed by atoms with Gasteiger partial charge in [0.15, 0.2) is 0 Å². The molecule has 1 heterocycles. The molecule has 1 radical (unpaired) electrons. The van der Waals surface area contributed by atoms with Gasteiger partial charge in [0, 0.05) is 6.20 Å². The molecule has 0 fully saturated rings. The van der Waals surface area contributed by atoms with Gasteiger partial charge in [0.25, 0.3) is 0 Å². The van der Waals surface area contributed by atoms with Crippen molar-refractivity contribution >= 4 is 6.08 Å². The van der Waals surface area contributed by atoms with Crippen LogP contribution in [0.1, 0.15) is 24.6 Å². The van der Waals surface area contributed by atoms with Crippen LogP contribution in [0.2, 0.25) is 0 Å². The van der Waals surface area contributed by atoms with Crippen LogP contribution in [0.4, 0.5) is 0 Å². The van der Waals surface area contributed by atoms with Gasteiger partial charge in [0.1, 0.15) is 0 Å². The molecule has 1 rings (SSSR count). The van der Waals surface area contributed by atoms with E-state index >= 15 is 0 Å². The third kappa shape index (κ3) is 2.19. The summed E-state index contributed by atoms with van der Waals surface area (Å²) >= 11 is 0. The van der Waals surface area contributed by atoms with Crippen LogP contribution in [0.3, 0.4) is 0 Å². The monoisotopic (exact) mass is 146 g/mol. The lowest BCUT2D eigenvalue weighted by Crippen LogP contribution is -1.84. The highest BCUT2D eigenvalue weighted by atomic mass is 14.6. The summed E-state index contributed by atoms with van der Waals surface area (Å²) < 4.78 is 0. The zero-order chi connectivity index (χ0) is 8.10. The Kier molecular flexibility index (Phi) is 2.84. The number of hydrogen-bond donors (Lipinski definition) is 0. The smallest absolute Gasteiger partial charge is 0.0626 e. The molecule has 0 aliphatic heterocycles. The largest absolute Gasteiger partial charge is 0.257 e. The predicted octanol–water partition coefficient (Wildman–Crippen LogP) is 2.69. The van der Waals surface area contributed by atoms with E-state index < -0.39 is 0 Å². The average molecular weight is 146 g/mol. The predicted molar refractivity (Wildman–Crippen MR) is 48.0 cm³/mol. The summed E-state index contributed by atoms with van der Waals surface area (Å²) in [6.45, 7) is 5.77. The van der Waals surface area contributed by atoms with Gasteiger partial charge < -0.3 is 0 Å². The molecule has 0 amide bonds. The highest BCUT2D eigenvalue weighted by Gasteiger charge is 1.91. The van der Waals surface area contributed by atoms with Crippen molar-refractivity contribution < 1.29 is 0 Å². The highest BCUT2D eigenvalue weighted by molar-refractivity contribution is 5.43. The molecular weight excluding hydrogens is 134 g/mol. The Balaban J connectivity index is 2.82. The van der Waals surface area contributed by atoms with E-state index in [9.17, 15) is 0 Å². The van der Waals surface area contributed by atoms with E-state index in [1.165, 1.54) is 5.56 Å². The van der Waals surface area contributed by atoms with Gasteiger partial charge in [-0.2, -0.15) is 0 Å². The second-order valence-electron chi connectivity index (χ2n) is 2.33. The van der Waals surface area contributed by atoms with E-state index in [-0.39, 0.29) is 0 Å². The maximum absolute atomic E-state index is 4.10. The molecule has 0 unspecified atom stereocenters. The third-order valence-electron chi connectivity index (χ3n) is 1.45. The summed E-state index contributed by atoms with van der Waals surface area (Å²) in [4.78, 5) is 4.10. The van der Waals surface area contributed by atoms with Crippen molar-refractivity contribution in [3.8, 4) is 0 Å². The second-order valence-corrected chi connectivity index (χ2v) is 2.33. The number of aromatic nitrogens is 1. The van der Waals surface area contributed by atoms with Gasteiger partial charge in [-0.1, -0.05) is 13.5 Å². The number of pyridine rings is 1. The molecule has 1 heteroatoms. The van der Waals surface area contributed by atoms with Crippen molar-refractivity contribution in [1.29, 1.82) is 0 Å². The lowest BCUT2D eigenvalue weighted by Gasteiger charge is -1.97. The molecule has 11 heavy (non-hydrogen) atoms. The summed E-state index contributed by atoms with van der Waals surface area (Å²) in [7, 11) is 0. The fraction of sp³-hybridized carbons (Fsp3) is 0.200. The van der Waals surface area contributed by atoms with Gasteiger partial charge in [-0.25, -0.2) is 0 Å². The minimum atomic E-state index is 0.937. The van der Waals surface area contributed by atoms with E-state index in [2.05, 4.69) is 24.9 Å². The first kappa shape index (κ1) is 7.99. The molecule has 0 saturated carbocycles. The molecule has 1 aromatic rings. The van der Waals surface area contributed by atoms with Crippen LogP contribution in [0.5, 0.6) is 0 Å². The fourth-order valence-corrected chi connectivity index (χ4v) is 0.940. The molecule has 0 atom stereocenters. The van der Waals surface area contributed by atoms with Crippen LogP contribution < -0.4 is 0 Å². The van der Waals surface area contributed by atoms with Gasteiger partial charge >= 0.3 is 0 Å². The number of nitrogens with zero attached hydrogens (tertiary/aromatic N) is 1.